The van der Waals surface area contributed by atoms with Crippen molar-refractivity contribution >= 4 is 17.5 Å². The number of aliphatic hydroxyl groups excluding tert-OH is 1. The van der Waals surface area contributed by atoms with Crippen molar-refractivity contribution in [2.24, 2.45) is 29.6 Å². The molecule has 0 aliphatic carbocycles. The normalized spacial score (nSPS) is 42.2. The van der Waals surface area contributed by atoms with E-state index >= 15 is 0 Å². The van der Waals surface area contributed by atoms with Gasteiger partial charge in [-0.1, -0.05) is 41.5 Å². The molecule has 2 aliphatic rings. The zero-order valence-electron chi connectivity index (χ0n) is 23.5. The van der Waals surface area contributed by atoms with E-state index < -0.39 is 42.3 Å². The fraction of sp³-hybridized carbons (Fsp3) is 0.821. The molecule has 2 rings (SSSR count). The van der Waals surface area contributed by atoms with Crippen molar-refractivity contribution in [2.75, 3.05) is 14.1 Å². The van der Waals surface area contributed by atoms with Crippen LogP contribution in [-0.4, -0.2) is 78.4 Å². The third-order valence-corrected chi connectivity index (χ3v) is 7.84. The van der Waals surface area contributed by atoms with Gasteiger partial charge in [-0.3, -0.25) is 14.4 Å². The molecule has 0 spiro atoms. The minimum absolute atomic E-state index is 0.103. The first-order valence-corrected chi connectivity index (χ1v) is 13.4. The molecule has 0 amide bonds. The molecule has 36 heavy (non-hydrogen) atoms. The van der Waals surface area contributed by atoms with Crippen molar-refractivity contribution in [3.63, 3.8) is 0 Å². The number of hydrogen-bond donors (Lipinski definition) is 1. The molecule has 2 heterocycles. The summed E-state index contributed by atoms with van der Waals surface area (Å²) in [5.74, 6) is -2.59. The summed E-state index contributed by atoms with van der Waals surface area (Å²) in [5.41, 5.74) is 0. The lowest BCUT2D eigenvalue weighted by Gasteiger charge is -2.43. The Labute approximate surface area is 217 Å². The number of ether oxygens (including phenoxy) is 3. The first-order chi connectivity index (χ1) is 16.8. The van der Waals surface area contributed by atoms with Crippen molar-refractivity contribution in [1.82, 2.24) is 4.90 Å². The largest absolute Gasteiger partial charge is 0.462 e. The van der Waals surface area contributed by atoms with Crippen molar-refractivity contribution in [3.05, 3.63) is 12.8 Å². The van der Waals surface area contributed by atoms with Gasteiger partial charge in [0.25, 0.3) is 0 Å². The van der Waals surface area contributed by atoms with Gasteiger partial charge in [-0.15, -0.1) is 0 Å². The fourth-order valence-electron chi connectivity index (χ4n) is 5.64. The van der Waals surface area contributed by atoms with Crippen LogP contribution in [0.5, 0.6) is 0 Å². The van der Waals surface area contributed by atoms with Crippen LogP contribution in [0.1, 0.15) is 67.7 Å². The Balaban J connectivity index is 2.34. The maximum atomic E-state index is 13.2. The first kappa shape index (κ1) is 30.9. The van der Waals surface area contributed by atoms with Crippen LogP contribution in [0.3, 0.4) is 0 Å². The molecule has 0 aromatic heterocycles. The van der Waals surface area contributed by atoms with Gasteiger partial charge in [-0.2, -0.15) is 0 Å². The second-order valence-electron chi connectivity index (χ2n) is 11.2. The van der Waals surface area contributed by atoms with Crippen LogP contribution in [-0.2, 0) is 28.6 Å². The monoisotopic (exact) mass is 509 g/mol. The average molecular weight is 510 g/mol. The van der Waals surface area contributed by atoms with Gasteiger partial charge in [0, 0.05) is 23.8 Å². The number of Topliss-reactive ketones (excluding diaryl/α,β-unsaturated/α-hetero) is 2. The number of likely N-dealkylation sites (N-methyl/N-ethyl adjacent to an activating group) is 1. The zero-order chi connectivity index (χ0) is 27.3. The Morgan fingerprint density at radius 2 is 1.69 bits per heavy atom. The average Bonchev–Trinajstić information content (AvgIpc) is 2.80. The van der Waals surface area contributed by atoms with Crippen molar-refractivity contribution in [1.29, 1.82) is 0 Å². The minimum Gasteiger partial charge on any atom is -0.462 e. The molecule has 0 bridgehead atoms. The lowest BCUT2D eigenvalue weighted by molar-refractivity contribution is -0.277. The highest BCUT2D eigenvalue weighted by molar-refractivity contribution is 6.08. The number of carbonyl (C=O) groups is 3. The van der Waals surface area contributed by atoms with E-state index in [1.807, 2.05) is 67.0 Å². The van der Waals surface area contributed by atoms with Gasteiger partial charge in [-0.05, 0) is 58.5 Å². The van der Waals surface area contributed by atoms with E-state index in [4.69, 9.17) is 14.2 Å². The van der Waals surface area contributed by atoms with E-state index in [9.17, 15) is 19.5 Å². The minimum atomic E-state index is -0.932. The lowest BCUT2D eigenvalue weighted by Crippen LogP contribution is -2.56. The summed E-state index contributed by atoms with van der Waals surface area (Å²) >= 11 is 0. The Morgan fingerprint density at radius 1 is 1.06 bits per heavy atom. The van der Waals surface area contributed by atoms with Gasteiger partial charge in [-0.25, -0.2) is 0 Å². The molecule has 4 unspecified atom stereocenters. The van der Waals surface area contributed by atoms with Gasteiger partial charge in [0.2, 0.25) is 0 Å². The Morgan fingerprint density at radius 3 is 2.28 bits per heavy atom. The van der Waals surface area contributed by atoms with E-state index in [0.717, 1.165) is 6.42 Å². The summed E-state index contributed by atoms with van der Waals surface area (Å²) in [6.07, 6.45) is 1.59. The van der Waals surface area contributed by atoms with Gasteiger partial charge < -0.3 is 24.2 Å². The molecule has 2 saturated heterocycles. The fourth-order valence-corrected chi connectivity index (χ4v) is 5.64. The highest BCUT2D eigenvalue weighted by Crippen LogP contribution is 2.32. The maximum Gasteiger partial charge on any atom is 0.318 e. The topological polar surface area (TPSA) is 102 Å². The predicted octanol–water partition coefficient (Wildman–Crippen LogP) is 3.25. The van der Waals surface area contributed by atoms with Gasteiger partial charge >= 0.3 is 5.97 Å². The molecule has 0 aromatic rings. The van der Waals surface area contributed by atoms with Crippen molar-refractivity contribution in [2.45, 2.75) is 104 Å². The van der Waals surface area contributed by atoms with Crippen LogP contribution < -0.4 is 0 Å². The van der Waals surface area contributed by atoms with Crippen LogP contribution in [0.4, 0.5) is 0 Å². The zero-order valence-corrected chi connectivity index (χ0v) is 23.5. The lowest BCUT2D eigenvalue weighted by atomic mass is 9.79. The van der Waals surface area contributed by atoms with Crippen LogP contribution in [0.15, 0.2) is 0 Å². The first-order valence-electron chi connectivity index (χ1n) is 13.4. The van der Waals surface area contributed by atoms with Crippen LogP contribution in [0.25, 0.3) is 0 Å². The smallest absolute Gasteiger partial charge is 0.318 e. The van der Waals surface area contributed by atoms with E-state index in [2.05, 4.69) is 0 Å². The van der Waals surface area contributed by atoms with E-state index in [1.165, 1.54) is 0 Å². The Kier molecular flexibility index (Phi) is 11.5. The van der Waals surface area contributed by atoms with E-state index in [0.29, 0.717) is 19.3 Å². The molecule has 8 nitrogen and oxygen atoms in total. The number of ketones is 2. The second kappa shape index (κ2) is 13.4. The number of cyclic esters (lactones) is 1. The standard InChI is InChI=1S/C28H47NO7/c1-10-23-15(2)11-16(3)25(32)17(4)12-18(5)27(20(7)22(30)14-24(31)35-23)36-28-26(33)21(29(8)9)13-19(6)34-28/h11,14-21,23,26-28,33H,10,12-13H2,1-9H3/t15-,16-,17-,18+,19?,20+,21?,23-,26?,27+,28?/m1/s1. The molecule has 206 valence electrons. The van der Waals surface area contributed by atoms with Gasteiger partial charge in [0.15, 0.2) is 12.1 Å². The van der Waals surface area contributed by atoms with E-state index in [1.54, 1.807) is 6.92 Å². The van der Waals surface area contributed by atoms with E-state index in [-0.39, 0.29) is 41.6 Å². The highest BCUT2D eigenvalue weighted by Gasteiger charge is 2.42. The molecular weight excluding hydrogens is 462 g/mol. The number of carbonyl (C=O) groups excluding carboxylic acids is 3. The molecule has 2 fully saturated rings. The summed E-state index contributed by atoms with van der Waals surface area (Å²) < 4.78 is 17.9. The molecular formula is C28H47NO7. The highest BCUT2D eigenvalue weighted by atomic mass is 16.7. The molecule has 8 heteroatoms. The molecule has 0 saturated carbocycles. The molecule has 11 atom stereocenters. The van der Waals surface area contributed by atoms with Crippen LogP contribution >= 0.6 is 0 Å². The number of rotatable bonds is 4. The summed E-state index contributed by atoms with van der Waals surface area (Å²) in [6, 6.07) is -0.162. The number of hydrogen-bond acceptors (Lipinski definition) is 8. The van der Waals surface area contributed by atoms with Crippen molar-refractivity contribution < 1.29 is 33.7 Å². The molecule has 1 N–H and O–H groups in total. The third kappa shape index (κ3) is 7.83. The number of nitrogens with zero attached hydrogens (tertiary/aromatic N) is 1. The summed E-state index contributed by atoms with van der Waals surface area (Å²) in [4.78, 5) is 40.9. The predicted molar refractivity (Wildman–Crippen MR) is 137 cm³/mol. The van der Waals surface area contributed by atoms with Crippen molar-refractivity contribution in [3.8, 4) is 0 Å². The summed E-state index contributed by atoms with van der Waals surface area (Å²) in [7, 11) is 3.80. The van der Waals surface area contributed by atoms with Crippen LogP contribution in [0, 0.1) is 42.4 Å². The molecule has 2 aliphatic heterocycles. The molecule has 0 aromatic carbocycles. The van der Waals surface area contributed by atoms with Crippen LogP contribution in [0.2, 0.25) is 0 Å². The van der Waals surface area contributed by atoms with Gasteiger partial charge in [0.1, 0.15) is 24.4 Å². The molecule has 2 radical (unpaired) electrons. The third-order valence-electron chi connectivity index (χ3n) is 7.84. The Bertz CT molecular complexity index is 756. The second-order valence-corrected chi connectivity index (χ2v) is 11.2. The maximum absolute atomic E-state index is 13.2. The SMILES string of the molecule is CC[C@H]1OC(=O)[CH]C(=O)[C@H](C)[C@@H](OC2OC(C)CC(N(C)C)C2O)[C@@H](C)C[C@@H](C)C(=O)[C@H](C)[CH][C@H]1C. The Hall–Kier alpha value is -1.35. The quantitative estimate of drug-likeness (QED) is 0.576. The summed E-state index contributed by atoms with van der Waals surface area (Å²) in [6.45, 7) is 13.2. The summed E-state index contributed by atoms with van der Waals surface area (Å²) in [5, 5.41) is 11.0. The van der Waals surface area contributed by atoms with Gasteiger partial charge in [0.05, 0.1) is 12.2 Å². The number of aliphatic hydroxyl groups is 1. The number of esters is 1.